The predicted molar refractivity (Wildman–Crippen MR) is 157 cm³/mol. The van der Waals surface area contributed by atoms with Gasteiger partial charge < -0.3 is 19.5 Å². The summed E-state index contributed by atoms with van der Waals surface area (Å²) in [7, 11) is 2.91. The van der Waals surface area contributed by atoms with E-state index in [1.54, 1.807) is 19.3 Å². The Morgan fingerprint density at radius 2 is 1.74 bits per heavy atom. The molecule has 1 heterocycles. The highest BCUT2D eigenvalue weighted by Gasteiger charge is 2.22. The van der Waals surface area contributed by atoms with Crippen molar-refractivity contribution in [3.05, 3.63) is 106 Å². The number of rotatable bonds is 10. The van der Waals surface area contributed by atoms with Crippen molar-refractivity contribution < 1.29 is 23.8 Å². The number of hydrogen-bond donors (Lipinski definition) is 1. The Kier molecular flexibility index (Phi) is 9.18. The van der Waals surface area contributed by atoms with Crippen LogP contribution in [0.2, 0.25) is 0 Å². The van der Waals surface area contributed by atoms with Crippen LogP contribution < -0.4 is 14.8 Å². The number of carbonyl (C=O) groups is 2. The van der Waals surface area contributed by atoms with Gasteiger partial charge in [-0.1, -0.05) is 61.5 Å². The van der Waals surface area contributed by atoms with Crippen LogP contribution >= 0.6 is 11.3 Å². The molecule has 0 aliphatic heterocycles. The zero-order valence-electron chi connectivity index (χ0n) is 22.4. The number of methoxy groups -OCH3 is 2. The standard InChI is InChI=1S/C32H31NO5S/c1-5-22-10-14-24(15-11-22)26-20-39-31(30(26)32(35)37-4)33-29(34)17-13-23-12-16-27(28(18-23)36-3)38-19-25-9-7-6-8-21(25)2/h6-18,20H,5,19H2,1-4H3,(H,33,34)/b17-13+. The van der Waals surface area contributed by atoms with E-state index in [0.29, 0.717) is 28.7 Å². The third-order valence-corrected chi connectivity index (χ3v) is 7.25. The normalized spacial score (nSPS) is 10.9. The minimum absolute atomic E-state index is 0.338. The van der Waals surface area contributed by atoms with Crippen LogP contribution in [-0.2, 0) is 22.6 Å². The Labute approximate surface area is 232 Å². The molecule has 0 bridgehead atoms. The quantitative estimate of drug-likeness (QED) is 0.168. The van der Waals surface area contributed by atoms with Crippen molar-refractivity contribution in [2.24, 2.45) is 0 Å². The Hall–Kier alpha value is -4.36. The summed E-state index contributed by atoms with van der Waals surface area (Å²) in [4.78, 5) is 25.4. The average Bonchev–Trinajstić information content (AvgIpc) is 3.38. The zero-order valence-corrected chi connectivity index (χ0v) is 23.3. The van der Waals surface area contributed by atoms with Crippen LogP contribution in [0.1, 0.15) is 39.5 Å². The van der Waals surface area contributed by atoms with E-state index in [-0.39, 0.29) is 5.91 Å². The van der Waals surface area contributed by atoms with Gasteiger partial charge in [0.2, 0.25) is 5.91 Å². The molecule has 6 nitrogen and oxygen atoms in total. The second-order valence-electron chi connectivity index (χ2n) is 8.84. The van der Waals surface area contributed by atoms with Crippen molar-refractivity contribution in [1.82, 2.24) is 0 Å². The number of benzene rings is 3. The molecule has 200 valence electrons. The van der Waals surface area contributed by atoms with E-state index in [9.17, 15) is 9.59 Å². The number of nitrogens with one attached hydrogen (secondary N) is 1. The lowest BCUT2D eigenvalue weighted by atomic mass is 10.0. The van der Waals surface area contributed by atoms with Gasteiger partial charge in [0.25, 0.3) is 0 Å². The van der Waals surface area contributed by atoms with E-state index in [2.05, 4.69) is 12.2 Å². The highest BCUT2D eigenvalue weighted by atomic mass is 32.1. The van der Waals surface area contributed by atoms with Crippen molar-refractivity contribution in [1.29, 1.82) is 0 Å². The summed E-state index contributed by atoms with van der Waals surface area (Å²) in [6.45, 7) is 4.56. The minimum atomic E-state index is -0.504. The number of carbonyl (C=O) groups excluding carboxylic acids is 2. The summed E-state index contributed by atoms with van der Waals surface area (Å²) in [5.41, 5.74) is 6.17. The first-order valence-electron chi connectivity index (χ1n) is 12.6. The molecule has 1 amide bonds. The molecule has 4 aromatic rings. The molecule has 7 heteroatoms. The summed E-state index contributed by atoms with van der Waals surface area (Å²) in [5.74, 6) is 0.309. The van der Waals surface area contributed by atoms with Gasteiger partial charge in [0.1, 0.15) is 17.2 Å². The van der Waals surface area contributed by atoms with Gasteiger partial charge in [-0.3, -0.25) is 4.79 Å². The van der Waals surface area contributed by atoms with Crippen molar-refractivity contribution >= 4 is 34.3 Å². The van der Waals surface area contributed by atoms with Crippen LogP contribution in [0, 0.1) is 6.92 Å². The average molecular weight is 542 g/mol. The molecule has 0 aliphatic carbocycles. The summed E-state index contributed by atoms with van der Waals surface area (Å²) >= 11 is 1.28. The number of aryl methyl sites for hydroxylation is 2. The van der Waals surface area contributed by atoms with E-state index >= 15 is 0 Å². The number of amides is 1. The number of thiophene rings is 1. The molecular formula is C32H31NO5S. The lowest BCUT2D eigenvalue weighted by molar-refractivity contribution is -0.111. The van der Waals surface area contributed by atoms with Crippen molar-refractivity contribution in [3.8, 4) is 22.6 Å². The van der Waals surface area contributed by atoms with Gasteiger partial charge in [-0.15, -0.1) is 11.3 Å². The number of anilines is 1. The molecule has 4 rings (SSSR count). The summed E-state index contributed by atoms with van der Waals surface area (Å²) in [6, 6.07) is 21.5. The number of ether oxygens (including phenoxy) is 3. The third-order valence-electron chi connectivity index (χ3n) is 6.35. The highest BCUT2D eigenvalue weighted by molar-refractivity contribution is 7.15. The van der Waals surface area contributed by atoms with Crippen molar-refractivity contribution in [2.45, 2.75) is 26.9 Å². The first-order valence-corrected chi connectivity index (χ1v) is 13.4. The van der Waals surface area contributed by atoms with Crippen LogP contribution in [-0.4, -0.2) is 26.1 Å². The lowest BCUT2D eigenvalue weighted by Crippen LogP contribution is -2.11. The fourth-order valence-corrected chi connectivity index (χ4v) is 5.01. The fourth-order valence-electron chi connectivity index (χ4n) is 4.05. The molecule has 1 aromatic heterocycles. The lowest BCUT2D eigenvalue weighted by Gasteiger charge is -2.12. The Balaban J connectivity index is 1.47. The highest BCUT2D eigenvalue weighted by Crippen LogP contribution is 2.36. The van der Waals surface area contributed by atoms with Crippen LogP contribution in [0.25, 0.3) is 17.2 Å². The van der Waals surface area contributed by atoms with Crippen LogP contribution in [0.5, 0.6) is 11.5 Å². The van der Waals surface area contributed by atoms with Crippen LogP contribution in [0.3, 0.4) is 0 Å². The van der Waals surface area contributed by atoms with Gasteiger partial charge in [-0.2, -0.15) is 0 Å². The maximum atomic E-state index is 12.8. The summed E-state index contributed by atoms with van der Waals surface area (Å²) in [6.07, 6.45) is 4.02. The van der Waals surface area contributed by atoms with Gasteiger partial charge in [-0.25, -0.2) is 4.79 Å². The molecule has 0 unspecified atom stereocenters. The molecule has 0 spiro atoms. The molecule has 0 fully saturated rings. The first kappa shape index (κ1) is 27.7. The minimum Gasteiger partial charge on any atom is -0.493 e. The van der Waals surface area contributed by atoms with Gasteiger partial charge in [0.15, 0.2) is 11.5 Å². The van der Waals surface area contributed by atoms with E-state index in [0.717, 1.165) is 34.2 Å². The topological polar surface area (TPSA) is 73.9 Å². The first-order chi connectivity index (χ1) is 18.9. The number of esters is 1. The van der Waals surface area contributed by atoms with Crippen LogP contribution in [0.4, 0.5) is 5.00 Å². The Bertz CT molecular complexity index is 1490. The Morgan fingerprint density at radius 3 is 2.44 bits per heavy atom. The molecule has 3 aromatic carbocycles. The zero-order chi connectivity index (χ0) is 27.8. The second kappa shape index (κ2) is 12.9. The van der Waals surface area contributed by atoms with E-state index in [4.69, 9.17) is 14.2 Å². The van der Waals surface area contributed by atoms with Gasteiger partial charge >= 0.3 is 5.97 Å². The largest absolute Gasteiger partial charge is 0.493 e. The Morgan fingerprint density at radius 1 is 0.974 bits per heavy atom. The SMILES string of the molecule is CCc1ccc(-c2csc(NC(=O)/C=C/c3ccc(OCc4ccccc4C)c(OC)c3)c2C(=O)OC)cc1. The molecule has 1 N–H and O–H groups in total. The van der Waals surface area contributed by atoms with Gasteiger partial charge in [0, 0.05) is 17.0 Å². The number of hydrogen-bond acceptors (Lipinski definition) is 6. The van der Waals surface area contributed by atoms with Crippen molar-refractivity contribution in [2.75, 3.05) is 19.5 Å². The van der Waals surface area contributed by atoms with Gasteiger partial charge in [-0.05, 0) is 59.4 Å². The molecular weight excluding hydrogens is 510 g/mol. The molecule has 0 radical (unpaired) electrons. The molecule has 0 saturated heterocycles. The molecule has 0 aliphatic rings. The summed E-state index contributed by atoms with van der Waals surface area (Å²) in [5, 5.41) is 5.12. The van der Waals surface area contributed by atoms with Gasteiger partial charge in [0.05, 0.1) is 14.2 Å². The maximum Gasteiger partial charge on any atom is 0.341 e. The third kappa shape index (κ3) is 6.75. The summed E-state index contributed by atoms with van der Waals surface area (Å²) < 4.78 is 16.5. The van der Waals surface area contributed by atoms with E-state index < -0.39 is 5.97 Å². The molecule has 39 heavy (non-hydrogen) atoms. The van der Waals surface area contributed by atoms with Crippen molar-refractivity contribution in [3.63, 3.8) is 0 Å². The predicted octanol–water partition coefficient (Wildman–Crippen LogP) is 7.31. The van der Waals surface area contributed by atoms with E-state index in [1.807, 2.05) is 73.0 Å². The monoisotopic (exact) mass is 541 g/mol. The maximum absolute atomic E-state index is 12.8. The fraction of sp³-hybridized carbons (Fsp3) is 0.188. The molecule has 0 saturated carbocycles. The van der Waals surface area contributed by atoms with Crippen LogP contribution in [0.15, 0.2) is 78.2 Å². The van der Waals surface area contributed by atoms with E-state index in [1.165, 1.54) is 30.1 Å². The second-order valence-corrected chi connectivity index (χ2v) is 9.72. The molecule has 0 atom stereocenters. The smallest absolute Gasteiger partial charge is 0.341 e.